The van der Waals surface area contributed by atoms with Crippen LogP contribution in [0.4, 0.5) is 4.79 Å². The summed E-state index contributed by atoms with van der Waals surface area (Å²) in [4.78, 5) is 27.3. The molecule has 2 aromatic carbocycles. The lowest BCUT2D eigenvalue weighted by atomic mass is 9.98. The molecule has 32 heavy (non-hydrogen) atoms. The molecule has 2 N–H and O–H groups in total. The summed E-state index contributed by atoms with van der Waals surface area (Å²) in [6, 6.07) is 19.9. The topological polar surface area (TPSA) is 78.9 Å². The number of nitrogens with one attached hydrogen (secondary N) is 1. The van der Waals surface area contributed by atoms with Gasteiger partial charge in [0.1, 0.15) is 11.5 Å². The third kappa shape index (κ3) is 3.89. The number of rotatable bonds is 6. The first-order valence-corrected chi connectivity index (χ1v) is 11.6. The Labute approximate surface area is 190 Å². The Balaban J connectivity index is 1.34. The monoisotopic (exact) mass is 448 g/mol. The van der Waals surface area contributed by atoms with Gasteiger partial charge in [0.2, 0.25) is 0 Å². The molecule has 164 valence electrons. The zero-order valence-electron chi connectivity index (χ0n) is 17.5. The van der Waals surface area contributed by atoms with Crippen LogP contribution in [0.2, 0.25) is 0 Å². The van der Waals surface area contributed by atoms with Crippen molar-refractivity contribution in [2.45, 2.75) is 24.9 Å². The van der Waals surface area contributed by atoms with Crippen molar-refractivity contribution >= 4 is 23.4 Å². The number of hydrogen-bond acceptors (Lipinski definition) is 5. The van der Waals surface area contributed by atoms with Crippen LogP contribution in [0.5, 0.6) is 0 Å². The van der Waals surface area contributed by atoms with Gasteiger partial charge in [0.25, 0.3) is 0 Å². The van der Waals surface area contributed by atoms with E-state index in [1.807, 2.05) is 24.3 Å². The zero-order chi connectivity index (χ0) is 22.1. The Hall–Kier alpha value is -3.16. The van der Waals surface area contributed by atoms with Crippen molar-refractivity contribution in [1.82, 2.24) is 10.2 Å². The summed E-state index contributed by atoms with van der Waals surface area (Å²) in [5.74, 6) is -0.938. The van der Waals surface area contributed by atoms with E-state index in [1.165, 1.54) is 33.6 Å². The lowest BCUT2D eigenvalue weighted by Gasteiger charge is -2.28. The largest absolute Gasteiger partial charge is 0.477 e. The fourth-order valence-corrected chi connectivity index (χ4v) is 5.52. The summed E-state index contributed by atoms with van der Waals surface area (Å²) in [6.45, 7) is 2.18. The van der Waals surface area contributed by atoms with Crippen LogP contribution in [-0.4, -0.2) is 47.8 Å². The summed E-state index contributed by atoms with van der Waals surface area (Å²) in [6.07, 6.45) is 0.493. The second-order valence-corrected chi connectivity index (χ2v) is 9.32. The molecule has 0 unspecified atom stereocenters. The van der Waals surface area contributed by atoms with Gasteiger partial charge in [0.15, 0.2) is 0 Å². The van der Waals surface area contributed by atoms with Gasteiger partial charge in [0.05, 0.1) is 6.54 Å². The number of benzene rings is 2. The quantitative estimate of drug-likeness (QED) is 0.578. The second kappa shape index (κ2) is 8.76. The average Bonchev–Trinajstić information content (AvgIpc) is 3.55. The Morgan fingerprint density at radius 2 is 1.72 bits per heavy atom. The average molecular weight is 449 g/mol. The van der Waals surface area contributed by atoms with E-state index in [0.717, 1.165) is 17.8 Å². The molecule has 3 aromatic rings. The summed E-state index contributed by atoms with van der Waals surface area (Å²) in [5.41, 5.74) is 4.75. The Morgan fingerprint density at radius 3 is 2.31 bits per heavy atom. The van der Waals surface area contributed by atoms with E-state index in [-0.39, 0.29) is 29.5 Å². The highest BCUT2D eigenvalue weighted by molar-refractivity contribution is 7.13. The van der Waals surface area contributed by atoms with Crippen LogP contribution in [-0.2, 0) is 11.3 Å². The third-order valence-corrected chi connectivity index (χ3v) is 7.30. The molecule has 1 amide bonds. The molecule has 0 spiro atoms. The van der Waals surface area contributed by atoms with Gasteiger partial charge < -0.3 is 15.2 Å². The fourth-order valence-electron chi connectivity index (χ4n) is 4.67. The number of carbonyl (C=O) groups is 2. The molecule has 1 aromatic heterocycles. The summed E-state index contributed by atoms with van der Waals surface area (Å²) in [7, 11) is 0. The lowest BCUT2D eigenvalue weighted by molar-refractivity contribution is 0.0702. The number of carboxylic acid groups (broad SMARTS) is 1. The van der Waals surface area contributed by atoms with E-state index in [9.17, 15) is 14.7 Å². The summed E-state index contributed by atoms with van der Waals surface area (Å²) in [5, 5.41) is 12.5. The molecule has 1 saturated heterocycles. The van der Waals surface area contributed by atoms with Gasteiger partial charge in [-0.2, -0.15) is 0 Å². The molecule has 2 aliphatic rings. The molecule has 1 atom stereocenters. The van der Waals surface area contributed by atoms with Crippen LogP contribution in [0.25, 0.3) is 11.1 Å². The van der Waals surface area contributed by atoms with Crippen LogP contribution >= 0.6 is 11.3 Å². The van der Waals surface area contributed by atoms with Crippen molar-refractivity contribution in [3.05, 3.63) is 81.5 Å². The number of fused-ring (bicyclic) bond motifs is 3. The van der Waals surface area contributed by atoms with Crippen LogP contribution in [0.15, 0.2) is 60.7 Å². The van der Waals surface area contributed by atoms with Crippen LogP contribution in [0.3, 0.4) is 0 Å². The van der Waals surface area contributed by atoms with E-state index < -0.39 is 5.97 Å². The van der Waals surface area contributed by atoms with Gasteiger partial charge in [-0.3, -0.25) is 4.90 Å². The van der Waals surface area contributed by atoms with Gasteiger partial charge in [-0.25, -0.2) is 9.59 Å². The Kier molecular flexibility index (Phi) is 5.68. The predicted octanol–water partition coefficient (Wildman–Crippen LogP) is 4.56. The number of carboxylic acids is 1. The lowest BCUT2D eigenvalue weighted by Crippen LogP contribution is -2.41. The highest BCUT2D eigenvalue weighted by atomic mass is 32.1. The number of amides is 1. The maximum absolute atomic E-state index is 13.2. The van der Waals surface area contributed by atoms with Gasteiger partial charge in [-0.1, -0.05) is 48.5 Å². The van der Waals surface area contributed by atoms with E-state index in [0.29, 0.717) is 13.1 Å². The first kappa shape index (κ1) is 20.7. The number of nitrogens with zero attached hydrogens (tertiary/aromatic N) is 1. The van der Waals surface area contributed by atoms with E-state index >= 15 is 0 Å². The number of aromatic carboxylic acids is 1. The standard InChI is InChI=1S/C25H24N2O4S/c28-24(29)23-10-9-17(32-23)14-27(16-11-12-26-13-16)25(30)31-15-22-20-7-3-1-5-18(20)19-6-2-4-8-21(19)22/h1-10,16,22,26H,11-15H2,(H,28,29)/t16-/m0/s1. The first-order valence-electron chi connectivity index (χ1n) is 10.8. The van der Waals surface area contributed by atoms with E-state index in [2.05, 4.69) is 29.6 Å². The Morgan fingerprint density at radius 1 is 1.03 bits per heavy atom. The molecule has 0 radical (unpaired) electrons. The molecular formula is C25H24N2O4S. The van der Waals surface area contributed by atoms with Crippen LogP contribution < -0.4 is 5.32 Å². The zero-order valence-corrected chi connectivity index (χ0v) is 18.3. The van der Waals surface area contributed by atoms with Gasteiger partial charge >= 0.3 is 12.1 Å². The fraction of sp³-hybridized carbons (Fsp3) is 0.280. The van der Waals surface area contributed by atoms with E-state index in [1.54, 1.807) is 17.0 Å². The van der Waals surface area contributed by atoms with Crippen molar-refractivity contribution in [2.75, 3.05) is 19.7 Å². The summed E-state index contributed by atoms with van der Waals surface area (Å²) >= 11 is 1.20. The molecule has 1 aliphatic heterocycles. The predicted molar refractivity (Wildman–Crippen MR) is 123 cm³/mol. The minimum Gasteiger partial charge on any atom is -0.477 e. The molecular weight excluding hydrogens is 424 g/mol. The normalized spacial score (nSPS) is 17.1. The molecule has 0 bridgehead atoms. The number of carbonyl (C=O) groups excluding carboxylic acids is 1. The highest BCUT2D eigenvalue weighted by Crippen LogP contribution is 2.44. The molecule has 2 heterocycles. The van der Waals surface area contributed by atoms with E-state index in [4.69, 9.17) is 4.74 Å². The molecule has 0 saturated carbocycles. The van der Waals surface area contributed by atoms with Crippen molar-refractivity contribution < 1.29 is 19.4 Å². The highest BCUT2D eigenvalue weighted by Gasteiger charge is 2.32. The van der Waals surface area contributed by atoms with Gasteiger partial charge in [0, 0.05) is 23.4 Å². The number of ether oxygens (including phenoxy) is 1. The van der Waals surface area contributed by atoms with Crippen LogP contribution in [0.1, 0.15) is 38.0 Å². The van der Waals surface area contributed by atoms with Crippen molar-refractivity contribution in [3.8, 4) is 11.1 Å². The van der Waals surface area contributed by atoms with Crippen LogP contribution in [0, 0.1) is 0 Å². The molecule has 6 nitrogen and oxygen atoms in total. The Bertz CT molecular complexity index is 1110. The van der Waals surface area contributed by atoms with Crippen molar-refractivity contribution in [1.29, 1.82) is 0 Å². The molecule has 1 fully saturated rings. The molecule has 5 rings (SSSR count). The summed E-state index contributed by atoms with van der Waals surface area (Å²) < 4.78 is 5.89. The second-order valence-electron chi connectivity index (χ2n) is 8.15. The number of hydrogen-bond donors (Lipinski definition) is 2. The maximum atomic E-state index is 13.2. The van der Waals surface area contributed by atoms with Crippen molar-refractivity contribution in [2.24, 2.45) is 0 Å². The number of thiophene rings is 1. The smallest absolute Gasteiger partial charge is 0.410 e. The molecule has 7 heteroatoms. The third-order valence-electron chi connectivity index (χ3n) is 6.24. The molecule has 1 aliphatic carbocycles. The first-order chi connectivity index (χ1) is 15.6. The van der Waals surface area contributed by atoms with Crippen molar-refractivity contribution in [3.63, 3.8) is 0 Å². The SMILES string of the molecule is O=C(O)c1ccc(CN(C(=O)OCC2c3ccccc3-c3ccccc32)[C@H]2CCNC2)s1. The minimum absolute atomic E-state index is 0.00949. The maximum Gasteiger partial charge on any atom is 0.410 e. The minimum atomic E-state index is -0.948. The van der Waals surface area contributed by atoms with Gasteiger partial charge in [-0.15, -0.1) is 11.3 Å². The van der Waals surface area contributed by atoms with Gasteiger partial charge in [-0.05, 0) is 47.4 Å².